The zero-order valence-corrected chi connectivity index (χ0v) is 33.0. The topological polar surface area (TPSA) is 102 Å². The molecule has 0 heterocycles. The smallest absolute Gasteiger partial charge is 0.469 e. The summed E-state index contributed by atoms with van der Waals surface area (Å²) in [5, 5.41) is 0. The summed E-state index contributed by atoms with van der Waals surface area (Å²) >= 11 is 0. The molecule has 0 aliphatic heterocycles. The third-order valence-corrected chi connectivity index (χ3v) is 9.55. The van der Waals surface area contributed by atoms with E-state index in [0.717, 1.165) is 32.1 Å². The van der Waals surface area contributed by atoms with Crippen molar-refractivity contribution in [1.29, 1.82) is 0 Å². The van der Waals surface area contributed by atoms with Gasteiger partial charge in [-0.15, -0.1) is 0 Å². The summed E-state index contributed by atoms with van der Waals surface area (Å²) in [5.74, 6) is -0.387. The Morgan fingerprint density at radius 2 is 0.898 bits per heavy atom. The molecule has 0 amide bonds. The van der Waals surface area contributed by atoms with E-state index < -0.39 is 20.5 Å². The first-order valence-electron chi connectivity index (χ1n) is 20.7. The second-order valence-electron chi connectivity index (χ2n) is 14.0. The summed E-state index contributed by atoms with van der Waals surface area (Å²) in [6.45, 7) is 4.12. The Morgan fingerprint density at radius 3 is 1.31 bits per heavy atom. The molecule has 0 fully saturated rings. The Balaban J connectivity index is 3.83. The van der Waals surface area contributed by atoms with Crippen molar-refractivity contribution in [1.82, 2.24) is 0 Å². The van der Waals surface area contributed by atoms with Crippen LogP contribution in [0.1, 0.15) is 213 Å². The molecule has 8 heteroatoms. The van der Waals surface area contributed by atoms with Crippen LogP contribution in [0.25, 0.3) is 0 Å². The molecular weight excluding hydrogens is 635 g/mol. The number of phosphoric acid groups is 1. The molecule has 0 aromatic heterocycles. The molecule has 0 aromatic rings. The van der Waals surface area contributed by atoms with Crippen LogP contribution in [0.2, 0.25) is 0 Å². The molecule has 2 N–H and O–H groups in total. The quantitative estimate of drug-likeness (QED) is 0.0215. The van der Waals surface area contributed by atoms with Crippen molar-refractivity contribution in [2.75, 3.05) is 13.2 Å². The Morgan fingerprint density at radius 1 is 0.531 bits per heavy atom. The molecule has 0 aliphatic carbocycles. The van der Waals surface area contributed by atoms with E-state index in [-0.39, 0.29) is 19.0 Å². The predicted octanol–water partition coefficient (Wildman–Crippen LogP) is 13.2. The van der Waals surface area contributed by atoms with Gasteiger partial charge in [0.1, 0.15) is 6.61 Å². The lowest BCUT2D eigenvalue weighted by atomic mass is 10.0. The highest BCUT2D eigenvalue weighted by molar-refractivity contribution is 7.46. The molecular formula is C41H79O7P. The molecule has 0 saturated heterocycles. The lowest BCUT2D eigenvalue weighted by molar-refractivity contribution is -0.153. The number of phosphoric ester groups is 1. The lowest BCUT2D eigenvalue weighted by Gasteiger charge is -2.18. The highest BCUT2D eigenvalue weighted by Crippen LogP contribution is 2.36. The van der Waals surface area contributed by atoms with Crippen molar-refractivity contribution in [2.45, 2.75) is 219 Å². The SMILES string of the molecule is CCCCCCCCCC/C=C\CCCCCCCCCC(=O)O[C@H](CO/C=C\CCCCCCCCCCCCCC)COP(=O)(O)O. The van der Waals surface area contributed by atoms with Gasteiger partial charge < -0.3 is 19.3 Å². The van der Waals surface area contributed by atoms with Crippen LogP contribution in [0.3, 0.4) is 0 Å². The van der Waals surface area contributed by atoms with Gasteiger partial charge in [0.2, 0.25) is 0 Å². The minimum absolute atomic E-state index is 0.00489. The number of rotatable bonds is 39. The van der Waals surface area contributed by atoms with Crippen LogP contribution >= 0.6 is 7.82 Å². The monoisotopic (exact) mass is 715 g/mol. The molecule has 0 rings (SSSR count). The molecule has 49 heavy (non-hydrogen) atoms. The molecule has 1 atom stereocenters. The fourth-order valence-electron chi connectivity index (χ4n) is 5.99. The maximum absolute atomic E-state index is 12.4. The zero-order chi connectivity index (χ0) is 35.9. The van der Waals surface area contributed by atoms with Gasteiger partial charge in [-0.1, -0.05) is 174 Å². The Labute approximate surface area is 303 Å². The maximum atomic E-state index is 12.4. The molecule has 0 radical (unpaired) electrons. The number of unbranched alkanes of at least 4 members (excludes halogenated alkanes) is 27. The first kappa shape index (κ1) is 47.9. The van der Waals surface area contributed by atoms with Crippen LogP contribution in [0.4, 0.5) is 0 Å². The number of esters is 1. The van der Waals surface area contributed by atoms with E-state index in [1.54, 1.807) is 6.26 Å². The predicted molar refractivity (Wildman–Crippen MR) is 207 cm³/mol. The highest BCUT2D eigenvalue weighted by Gasteiger charge is 2.21. The van der Waals surface area contributed by atoms with E-state index in [0.29, 0.717) is 0 Å². The second kappa shape index (κ2) is 38.1. The van der Waals surface area contributed by atoms with Crippen LogP contribution < -0.4 is 0 Å². The van der Waals surface area contributed by atoms with Gasteiger partial charge in [0.25, 0.3) is 0 Å². The van der Waals surface area contributed by atoms with E-state index in [1.807, 2.05) is 6.08 Å². The molecule has 290 valence electrons. The number of ether oxygens (including phenoxy) is 2. The summed E-state index contributed by atoms with van der Waals surface area (Å²) in [4.78, 5) is 30.5. The van der Waals surface area contributed by atoms with Crippen molar-refractivity contribution in [3.8, 4) is 0 Å². The fraction of sp³-hybridized carbons (Fsp3) is 0.878. The maximum Gasteiger partial charge on any atom is 0.469 e. The number of carbonyl (C=O) groups excluding carboxylic acids is 1. The van der Waals surface area contributed by atoms with E-state index >= 15 is 0 Å². The third-order valence-electron chi connectivity index (χ3n) is 9.07. The molecule has 0 spiro atoms. The van der Waals surface area contributed by atoms with Crippen molar-refractivity contribution in [3.63, 3.8) is 0 Å². The van der Waals surface area contributed by atoms with Crippen molar-refractivity contribution < 1.29 is 33.1 Å². The van der Waals surface area contributed by atoms with Gasteiger partial charge in [0.15, 0.2) is 6.10 Å². The Hall–Kier alpha value is -1.14. The molecule has 0 saturated carbocycles. The Kier molecular flexibility index (Phi) is 37.2. The number of hydrogen-bond donors (Lipinski definition) is 2. The van der Waals surface area contributed by atoms with Gasteiger partial charge in [-0.3, -0.25) is 9.32 Å². The van der Waals surface area contributed by atoms with Crippen LogP contribution in [-0.4, -0.2) is 35.1 Å². The number of allylic oxidation sites excluding steroid dienone is 3. The fourth-order valence-corrected chi connectivity index (χ4v) is 6.35. The largest absolute Gasteiger partial charge is 0.498 e. The molecule has 0 unspecified atom stereocenters. The van der Waals surface area contributed by atoms with E-state index in [4.69, 9.17) is 19.3 Å². The summed E-state index contributed by atoms with van der Waals surface area (Å²) < 4.78 is 26.7. The minimum atomic E-state index is -4.67. The summed E-state index contributed by atoms with van der Waals surface area (Å²) in [6.07, 6.45) is 45.5. The average Bonchev–Trinajstić information content (AvgIpc) is 3.07. The minimum Gasteiger partial charge on any atom is -0.498 e. The van der Waals surface area contributed by atoms with Gasteiger partial charge in [0, 0.05) is 6.42 Å². The van der Waals surface area contributed by atoms with Crippen LogP contribution in [0, 0.1) is 0 Å². The third kappa shape index (κ3) is 41.2. The summed E-state index contributed by atoms with van der Waals surface area (Å²) in [6, 6.07) is 0. The second-order valence-corrected chi connectivity index (χ2v) is 15.3. The highest BCUT2D eigenvalue weighted by atomic mass is 31.2. The van der Waals surface area contributed by atoms with Crippen molar-refractivity contribution in [3.05, 3.63) is 24.5 Å². The number of carbonyl (C=O) groups is 1. The van der Waals surface area contributed by atoms with Crippen LogP contribution in [0.15, 0.2) is 24.5 Å². The first-order valence-corrected chi connectivity index (χ1v) is 22.2. The summed E-state index contributed by atoms with van der Waals surface area (Å²) in [5.41, 5.74) is 0. The van der Waals surface area contributed by atoms with Crippen LogP contribution in [0.5, 0.6) is 0 Å². The van der Waals surface area contributed by atoms with Gasteiger partial charge in [-0.25, -0.2) is 4.57 Å². The number of hydrogen-bond acceptors (Lipinski definition) is 5. The normalized spacial score (nSPS) is 12.7. The Bertz CT molecular complexity index is 795. The lowest BCUT2D eigenvalue weighted by Crippen LogP contribution is -2.27. The molecule has 0 aromatic carbocycles. The average molecular weight is 715 g/mol. The summed E-state index contributed by atoms with van der Waals surface area (Å²) in [7, 11) is -4.67. The molecule has 7 nitrogen and oxygen atoms in total. The standard InChI is InChI=1S/C41H79O7P/c1-3-5-7-9-11-13-15-17-19-20-21-22-23-24-26-28-30-32-34-36-41(42)48-40(39-47-49(43,44)45)38-46-37-35-33-31-29-27-25-18-16-14-12-10-8-6-4-2/h20-21,35,37,40H,3-19,22-34,36,38-39H2,1-2H3,(H2,43,44,45)/b21-20-,37-35-/t40-/m1/s1. The van der Waals surface area contributed by atoms with Gasteiger partial charge in [-0.05, 0) is 51.0 Å². The molecule has 0 bridgehead atoms. The van der Waals surface area contributed by atoms with Crippen molar-refractivity contribution >= 4 is 13.8 Å². The zero-order valence-electron chi connectivity index (χ0n) is 32.1. The van der Waals surface area contributed by atoms with E-state index in [9.17, 15) is 9.36 Å². The molecule has 0 aliphatic rings. The van der Waals surface area contributed by atoms with Gasteiger partial charge in [-0.2, -0.15) is 0 Å². The van der Waals surface area contributed by atoms with Crippen LogP contribution in [-0.2, 0) is 23.4 Å². The van der Waals surface area contributed by atoms with Crippen molar-refractivity contribution in [2.24, 2.45) is 0 Å². The van der Waals surface area contributed by atoms with Gasteiger partial charge in [0.05, 0.1) is 12.9 Å². The first-order chi connectivity index (χ1) is 23.9. The van der Waals surface area contributed by atoms with E-state index in [2.05, 4.69) is 30.5 Å². The van der Waals surface area contributed by atoms with Gasteiger partial charge >= 0.3 is 13.8 Å². The van der Waals surface area contributed by atoms with E-state index in [1.165, 1.54) is 161 Å².